The number of aromatic hydroxyl groups is 1. The SMILES string of the molecule is COCCC(C)(O)CNC(=O)c1ccc(OC)cc1O. The Morgan fingerprint density at radius 3 is 2.65 bits per heavy atom. The van der Waals surface area contributed by atoms with Gasteiger partial charge in [-0.1, -0.05) is 0 Å². The lowest BCUT2D eigenvalue weighted by Crippen LogP contribution is -2.41. The van der Waals surface area contributed by atoms with Crippen molar-refractivity contribution >= 4 is 5.91 Å². The molecular weight excluding hydrogens is 262 g/mol. The molecule has 0 radical (unpaired) electrons. The fraction of sp³-hybridized carbons (Fsp3) is 0.500. The van der Waals surface area contributed by atoms with Gasteiger partial charge in [-0.2, -0.15) is 0 Å². The van der Waals surface area contributed by atoms with Crippen LogP contribution in [0.4, 0.5) is 0 Å². The van der Waals surface area contributed by atoms with Crippen molar-refractivity contribution < 1.29 is 24.5 Å². The average Bonchev–Trinajstić information content (AvgIpc) is 2.42. The number of amides is 1. The summed E-state index contributed by atoms with van der Waals surface area (Å²) in [5.41, 5.74) is -0.929. The summed E-state index contributed by atoms with van der Waals surface area (Å²) in [7, 11) is 3.02. The predicted molar refractivity (Wildman–Crippen MR) is 74.1 cm³/mol. The second-order valence-corrected chi connectivity index (χ2v) is 4.81. The van der Waals surface area contributed by atoms with E-state index in [0.717, 1.165) is 0 Å². The third-order valence-corrected chi connectivity index (χ3v) is 2.92. The summed E-state index contributed by atoms with van der Waals surface area (Å²) in [6, 6.07) is 4.41. The smallest absolute Gasteiger partial charge is 0.255 e. The van der Waals surface area contributed by atoms with Crippen molar-refractivity contribution in [2.45, 2.75) is 18.9 Å². The van der Waals surface area contributed by atoms with Crippen LogP contribution in [0.2, 0.25) is 0 Å². The molecule has 112 valence electrons. The van der Waals surface area contributed by atoms with Crippen molar-refractivity contribution in [3.05, 3.63) is 23.8 Å². The van der Waals surface area contributed by atoms with Gasteiger partial charge in [0, 0.05) is 32.7 Å². The van der Waals surface area contributed by atoms with Crippen molar-refractivity contribution in [3.63, 3.8) is 0 Å². The number of rotatable bonds is 7. The summed E-state index contributed by atoms with van der Waals surface area (Å²) in [5.74, 6) is -0.160. The van der Waals surface area contributed by atoms with E-state index in [1.807, 2.05) is 0 Å². The molecule has 1 atom stereocenters. The van der Waals surface area contributed by atoms with Crippen LogP contribution in [-0.2, 0) is 4.74 Å². The number of methoxy groups -OCH3 is 2. The molecule has 6 heteroatoms. The number of phenols is 1. The van der Waals surface area contributed by atoms with E-state index in [4.69, 9.17) is 9.47 Å². The number of phenolic OH excluding ortho intramolecular Hbond substituents is 1. The van der Waals surface area contributed by atoms with E-state index in [2.05, 4.69) is 5.32 Å². The van der Waals surface area contributed by atoms with Crippen molar-refractivity contribution in [3.8, 4) is 11.5 Å². The number of nitrogens with one attached hydrogen (secondary N) is 1. The molecule has 1 aromatic carbocycles. The number of hydrogen-bond donors (Lipinski definition) is 3. The lowest BCUT2D eigenvalue weighted by Gasteiger charge is -2.23. The third kappa shape index (κ3) is 4.71. The topological polar surface area (TPSA) is 88.0 Å². The number of carbonyl (C=O) groups excluding carboxylic acids is 1. The molecule has 0 fully saturated rings. The van der Waals surface area contributed by atoms with Gasteiger partial charge in [0.05, 0.1) is 18.3 Å². The summed E-state index contributed by atoms with van der Waals surface area (Å²) < 4.78 is 9.83. The van der Waals surface area contributed by atoms with Gasteiger partial charge in [-0.3, -0.25) is 4.79 Å². The lowest BCUT2D eigenvalue weighted by atomic mass is 10.0. The maximum Gasteiger partial charge on any atom is 0.255 e. The molecular formula is C14H21NO5. The van der Waals surface area contributed by atoms with Crippen LogP contribution in [0.5, 0.6) is 11.5 Å². The van der Waals surface area contributed by atoms with Crippen molar-refractivity contribution in [1.82, 2.24) is 5.32 Å². The molecule has 0 saturated carbocycles. The van der Waals surface area contributed by atoms with Gasteiger partial charge in [0.1, 0.15) is 11.5 Å². The first-order valence-electron chi connectivity index (χ1n) is 6.26. The molecule has 20 heavy (non-hydrogen) atoms. The normalized spacial score (nSPS) is 13.6. The number of aliphatic hydroxyl groups is 1. The quantitative estimate of drug-likeness (QED) is 0.692. The second kappa shape index (κ2) is 7.12. The van der Waals surface area contributed by atoms with E-state index in [1.54, 1.807) is 20.1 Å². The van der Waals surface area contributed by atoms with Gasteiger partial charge < -0.3 is 25.0 Å². The molecule has 1 rings (SSSR count). The van der Waals surface area contributed by atoms with Gasteiger partial charge in [-0.05, 0) is 19.1 Å². The van der Waals surface area contributed by atoms with Gasteiger partial charge in [0.15, 0.2) is 0 Å². The van der Waals surface area contributed by atoms with Crippen LogP contribution in [0, 0.1) is 0 Å². The Morgan fingerprint density at radius 2 is 2.10 bits per heavy atom. The Morgan fingerprint density at radius 1 is 1.40 bits per heavy atom. The van der Waals surface area contributed by atoms with Gasteiger partial charge in [-0.25, -0.2) is 0 Å². The van der Waals surface area contributed by atoms with Gasteiger partial charge >= 0.3 is 0 Å². The molecule has 1 unspecified atom stereocenters. The van der Waals surface area contributed by atoms with E-state index in [1.165, 1.54) is 19.2 Å². The van der Waals surface area contributed by atoms with Crippen molar-refractivity contribution in [2.24, 2.45) is 0 Å². The van der Waals surface area contributed by atoms with Crippen molar-refractivity contribution in [1.29, 1.82) is 0 Å². The monoisotopic (exact) mass is 283 g/mol. The number of carbonyl (C=O) groups is 1. The van der Waals surface area contributed by atoms with Crippen LogP contribution in [-0.4, -0.2) is 49.1 Å². The van der Waals surface area contributed by atoms with Gasteiger partial charge in [-0.15, -0.1) is 0 Å². The fourth-order valence-corrected chi connectivity index (χ4v) is 1.61. The van der Waals surface area contributed by atoms with Crippen LogP contribution < -0.4 is 10.1 Å². The molecule has 6 nitrogen and oxygen atoms in total. The van der Waals surface area contributed by atoms with E-state index < -0.39 is 11.5 Å². The summed E-state index contributed by atoms with van der Waals surface area (Å²) >= 11 is 0. The molecule has 0 bridgehead atoms. The largest absolute Gasteiger partial charge is 0.507 e. The molecule has 3 N–H and O–H groups in total. The Bertz CT molecular complexity index is 459. The molecule has 0 spiro atoms. The number of hydrogen-bond acceptors (Lipinski definition) is 5. The zero-order valence-corrected chi connectivity index (χ0v) is 12.0. The van der Waals surface area contributed by atoms with E-state index in [9.17, 15) is 15.0 Å². The molecule has 0 aliphatic rings. The highest BCUT2D eigenvalue weighted by molar-refractivity contribution is 5.97. The average molecular weight is 283 g/mol. The maximum atomic E-state index is 11.9. The Hall–Kier alpha value is -1.79. The molecule has 0 aliphatic carbocycles. The Kier molecular flexibility index (Phi) is 5.79. The van der Waals surface area contributed by atoms with E-state index in [0.29, 0.717) is 18.8 Å². The molecule has 0 aliphatic heterocycles. The number of benzene rings is 1. The molecule has 0 saturated heterocycles. The predicted octanol–water partition coefficient (Wildman–Crippen LogP) is 0.918. The van der Waals surface area contributed by atoms with Crippen LogP contribution in [0.1, 0.15) is 23.7 Å². The van der Waals surface area contributed by atoms with Crippen LogP contribution in [0.25, 0.3) is 0 Å². The summed E-state index contributed by atoms with van der Waals surface area (Å²) in [6.45, 7) is 2.08. The highest BCUT2D eigenvalue weighted by Crippen LogP contribution is 2.23. The van der Waals surface area contributed by atoms with Gasteiger partial charge in [0.25, 0.3) is 5.91 Å². The minimum absolute atomic E-state index is 0.0701. The first kappa shape index (κ1) is 16.3. The van der Waals surface area contributed by atoms with Gasteiger partial charge in [0.2, 0.25) is 0 Å². The molecule has 1 aromatic rings. The number of ether oxygens (including phenoxy) is 2. The third-order valence-electron chi connectivity index (χ3n) is 2.92. The van der Waals surface area contributed by atoms with E-state index >= 15 is 0 Å². The minimum atomic E-state index is -1.06. The van der Waals surface area contributed by atoms with Crippen LogP contribution >= 0.6 is 0 Å². The highest BCUT2D eigenvalue weighted by Gasteiger charge is 2.22. The first-order chi connectivity index (χ1) is 9.39. The molecule has 0 heterocycles. The highest BCUT2D eigenvalue weighted by atomic mass is 16.5. The Balaban J connectivity index is 2.63. The molecule has 1 amide bonds. The summed E-state index contributed by atoms with van der Waals surface area (Å²) in [5, 5.41) is 22.3. The minimum Gasteiger partial charge on any atom is -0.507 e. The molecule has 0 aromatic heterocycles. The maximum absolute atomic E-state index is 11.9. The standard InChI is InChI=1S/C14H21NO5/c1-14(18,6-7-19-2)9-15-13(17)11-5-4-10(20-3)8-12(11)16/h4-5,8,16,18H,6-7,9H2,1-3H3,(H,15,17). The lowest BCUT2D eigenvalue weighted by molar-refractivity contribution is 0.0243. The zero-order chi connectivity index (χ0) is 15.2. The van der Waals surface area contributed by atoms with Crippen LogP contribution in [0.3, 0.4) is 0 Å². The van der Waals surface area contributed by atoms with Crippen molar-refractivity contribution in [2.75, 3.05) is 27.4 Å². The fourth-order valence-electron chi connectivity index (χ4n) is 1.61. The first-order valence-corrected chi connectivity index (χ1v) is 6.26. The summed E-state index contributed by atoms with van der Waals surface area (Å²) in [6.07, 6.45) is 0.401. The second-order valence-electron chi connectivity index (χ2n) is 4.81. The Labute approximate surface area is 118 Å². The summed E-state index contributed by atoms with van der Waals surface area (Å²) in [4.78, 5) is 11.9. The zero-order valence-electron chi connectivity index (χ0n) is 12.0. The van der Waals surface area contributed by atoms with E-state index in [-0.39, 0.29) is 17.9 Å². The van der Waals surface area contributed by atoms with Crippen LogP contribution in [0.15, 0.2) is 18.2 Å².